The van der Waals surface area contributed by atoms with E-state index in [1.54, 1.807) is 0 Å². The number of hydrogen-bond acceptors (Lipinski definition) is 6. The zero-order valence-electron chi connectivity index (χ0n) is 29.8. The molecule has 0 spiro atoms. The third kappa shape index (κ3) is 34.7. The standard InChI is InChI=1S/C40H70O6/c1-4-36(2)30-26-22-18-14-12-13-17-21-25-29-33-40(44)46-35-38(42)34-45-39(43)32-28-24-20-16-11-9-7-5-6-8-10-15-19-23-27-31-37(3)41/h6-9,15-16,19-20,36-38,41-42H,4-5,10-14,17-18,21-35H2,1-3H3/b8-6-,9-7-,19-15-,20-16-/t36?,37-,38-/m1/s1. The summed E-state index contributed by atoms with van der Waals surface area (Å²) in [6.07, 6.45) is 38.6. The first-order chi connectivity index (χ1) is 22.3. The summed E-state index contributed by atoms with van der Waals surface area (Å²) >= 11 is 0. The summed E-state index contributed by atoms with van der Waals surface area (Å²) in [6.45, 7) is 6.15. The van der Waals surface area contributed by atoms with Crippen LogP contribution in [0.3, 0.4) is 0 Å². The minimum Gasteiger partial charge on any atom is -0.463 e. The molecule has 0 aromatic rings. The van der Waals surface area contributed by atoms with Crippen molar-refractivity contribution >= 4 is 11.9 Å². The predicted molar refractivity (Wildman–Crippen MR) is 193 cm³/mol. The van der Waals surface area contributed by atoms with E-state index in [9.17, 15) is 19.8 Å². The van der Waals surface area contributed by atoms with Gasteiger partial charge in [-0.1, -0.05) is 133 Å². The molecule has 0 radical (unpaired) electrons. The largest absolute Gasteiger partial charge is 0.463 e. The van der Waals surface area contributed by atoms with Crippen LogP contribution in [0.15, 0.2) is 48.6 Å². The molecule has 0 aliphatic carbocycles. The van der Waals surface area contributed by atoms with Crippen molar-refractivity contribution in [2.45, 2.75) is 174 Å². The second kappa shape index (κ2) is 34.2. The van der Waals surface area contributed by atoms with E-state index >= 15 is 0 Å². The van der Waals surface area contributed by atoms with Gasteiger partial charge in [0.2, 0.25) is 0 Å². The first-order valence-electron chi connectivity index (χ1n) is 18.6. The van der Waals surface area contributed by atoms with Gasteiger partial charge in [0.15, 0.2) is 0 Å². The highest BCUT2D eigenvalue weighted by molar-refractivity contribution is 5.69. The van der Waals surface area contributed by atoms with Gasteiger partial charge < -0.3 is 19.7 Å². The summed E-state index contributed by atoms with van der Waals surface area (Å²) in [6, 6.07) is 0. The van der Waals surface area contributed by atoms with Crippen LogP contribution in [0.2, 0.25) is 0 Å². The molecular weight excluding hydrogens is 576 g/mol. The molecule has 266 valence electrons. The number of rotatable bonds is 32. The molecule has 0 aliphatic heterocycles. The summed E-state index contributed by atoms with van der Waals surface area (Å²) in [4.78, 5) is 23.9. The monoisotopic (exact) mass is 647 g/mol. The van der Waals surface area contributed by atoms with Crippen molar-refractivity contribution in [3.05, 3.63) is 48.6 Å². The van der Waals surface area contributed by atoms with Crippen molar-refractivity contribution in [3.8, 4) is 0 Å². The van der Waals surface area contributed by atoms with E-state index in [4.69, 9.17) is 9.47 Å². The third-order valence-electron chi connectivity index (χ3n) is 8.13. The number of ether oxygens (including phenoxy) is 2. The van der Waals surface area contributed by atoms with Crippen LogP contribution in [-0.2, 0) is 19.1 Å². The lowest BCUT2D eigenvalue weighted by Crippen LogP contribution is -2.25. The van der Waals surface area contributed by atoms with Gasteiger partial charge in [-0.15, -0.1) is 0 Å². The quantitative estimate of drug-likeness (QED) is 0.0429. The van der Waals surface area contributed by atoms with E-state index in [0.717, 1.165) is 70.1 Å². The second-order valence-corrected chi connectivity index (χ2v) is 12.9. The predicted octanol–water partition coefficient (Wildman–Crippen LogP) is 10.3. The Hall–Kier alpha value is -2.18. The van der Waals surface area contributed by atoms with Crippen LogP contribution in [0.5, 0.6) is 0 Å². The molecule has 0 aliphatic rings. The van der Waals surface area contributed by atoms with Gasteiger partial charge in [0, 0.05) is 12.8 Å². The molecule has 0 aromatic heterocycles. The maximum Gasteiger partial charge on any atom is 0.305 e. The van der Waals surface area contributed by atoms with Crippen LogP contribution in [0, 0.1) is 5.92 Å². The Balaban J connectivity index is 3.57. The molecule has 6 heteroatoms. The van der Waals surface area contributed by atoms with Crippen LogP contribution in [0.25, 0.3) is 0 Å². The van der Waals surface area contributed by atoms with E-state index < -0.39 is 6.10 Å². The lowest BCUT2D eigenvalue weighted by Gasteiger charge is -2.12. The SMILES string of the molecule is CCC(C)CCCCCCCCCCCCC(=O)OC[C@H](O)COC(=O)CCC/C=C\C/C=C\C/C=C\C/C=C\CCC[C@@H](C)O. The van der Waals surface area contributed by atoms with Crippen molar-refractivity contribution in [1.29, 1.82) is 0 Å². The van der Waals surface area contributed by atoms with Crippen LogP contribution >= 0.6 is 0 Å². The lowest BCUT2D eigenvalue weighted by molar-refractivity contribution is -0.152. The highest BCUT2D eigenvalue weighted by Crippen LogP contribution is 2.15. The molecule has 0 rings (SSSR count). The molecule has 0 aromatic carbocycles. The summed E-state index contributed by atoms with van der Waals surface area (Å²) in [5, 5.41) is 19.2. The van der Waals surface area contributed by atoms with Crippen molar-refractivity contribution < 1.29 is 29.3 Å². The minimum atomic E-state index is -0.993. The summed E-state index contributed by atoms with van der Waals surface area (Å²) < 4.78 is 10.3. The van der Waals surface area contributed by atoms with E-state index in [1.807, 2.05) is 6.92 Å². The first kappa shape index (κ1) is 43.8. The number of aliphatic hydroxyl groups excluding tert-OH is 2. The van der Waals surface area contributed by atoms with Crippen molar-refractivity contribution in [3.63, 3.8) is 0 Å². The zero-order valence-corrected chi connectivity index (χ0v) is 29.8. The highest BCUT2D eigenvalue weighted by atomic mass is 16.6. The Morgan fingerprint density at radius 1 is 0.543 bits per heavy atom. The fourth-order valence-corrected chi connectivity index (χ4v) is 4.90. The highest BCUT2D eigenvalue weighted by Gasteiger charge is 2.12. The number of esters is 2. The summed E-state index contributed by atoms with van der Waals surface area (Å²) in [7, 11) is 0. The Labute approximate surface area is 282 Å². The van der Waals surface area contributed by atoms with E-state index in [2.05, 4.69) is 62.5 Å². The summed E-state index contributed by atoms with van der Waals surface area (Å²) in [5.41, 5.74) is 0. The molecule has 1 unspecified atom stereocenters. The fourth-order valence-electron chi connectivity index (χ4n) is 4.90. The molecule has 0 heterocycles. The van der Waals surface area contributed by atoms with Gasteiger partial charge in [-0.25, -0.2) is 0 Å². The number of allylic oxidation sites excluding steroid dienone is 8. The van der Waals surface area contributed by atoms with Crippen LogP contribution < -0.4 is 0 Å². The molecule has 0 fully saturated rings. The Morgan fingerprint density at radius 2 is 0.957 bits per heavy atom. The fraction of sp³-hybridized carbons (Fsp3) is 0.750. The van der Waals surface area contributed by atoms with Gasteiger partial charge in [-0.2, -0.15) is 0 Å². The molecule has 6 nitrogen and oxygen atoms in total. The lowest BCUT2D eigenvalue weighted by atomic mass is 9.99. The van der Waals surface area contributed by atoms with Crippen LogP contribution in [0.4, 0.5) is 0 Å². The van der Waals surface area contributed by atoms with Gasteiger partial charge in [-0.05, 0) is 70.6 Å². The zero-order chi connectivity index (χ0) is 33.9. The first-order valence-corrected chi connectivity index (χ1v) is 18.6. The Kier molecular flexibility index (Phi) is 32.5. The van der Waals surface area contributed by atoms with Crippen molar-refractivity contribution in [1.82, 2.24) is 0 Å². The van der Waals surface area contributed by atoms with Gasteiger partial charge in [0.25, 0.3) is 0 Å². The maximum atomic E-state index is 11.9. The normalized spacial score (nSPS) is 14.1. The molecule has 0 saturated heterocycles. The second-order valence-electron chi connectivity index (χ2n) is 12.9. The van der Waals surface area contributed by atoms with Gasteiger partial charge >= 0.3 is 11.9 Å². The van der Waals surface area contributed by atoms with Gasteiger partial charge in [0.1, 0.15) is 19.3 Å². The molecule has 3 atom stereocenters. The van der Waals surface area contributed by atoms with Crippen LogP contribution in [-0.4, -0.2) is 47.6 Å². The Morgan fingerprint density at radius 3 is 1.43 bits per heavy atom. The molecule has 0 amide bonds. The molecular formula is C40H70O6. The smallest absolute Gasteiger partial charge is 0.305 e. The third-order valence-corrected chi connectivity index (χ3v) is 8.13. The number of aliphatic hydroxyl groups is 2. The maximum absolute atomic E-state index is 11.9. The topological polar surface area (TPSA) is 93.1 Å². The molecule has 46 heavy (non-hydrogen) atoms. The number of unbranched alkanes of at least 4 members (excludes halogenated alkanes) is 11. The Bertz CT molecular complexity index is 813. The average Bonchev–Trinajstić information content (AvgIpc) is 3.04. The van der Waals surface area contributed by atoms with Crippen LogP contribution in [0.1, 0.15) is 162 Å². The number of carbonyl (C=O) groups is 2. The van der Waals surface area contributed by atoms with E-state index in [1.165, 1.54) is 57.8 Å². The van der Waals surface area contributed by atoms with E-state index in [-0.39, 0.29) is 31.3 Å². The van der Waals surface area contributed by atoms with Gasteiger partial charge in [-0.3, -0.25) is 9.59 Å². The summed E-state index contributed by atoms with van der Waals surface area (Å²) in [5.74, 6) is 0.225. The molecule has 0 saturated carbocycles. The van der Waals surface area contributed by atoms with E-state index in [0.29, 0.717) is 19.3 Å². The molecule has 2 N–H and O–H groups in total. The minimum absolute atomic E-state index is 0.141. The van der Waals surface area contributed by atoms with Crippen molar-refractivity contribution in [2.75, 3.05) is 13.2 Å². The number of carbonyl (C=O) groups excluding carboxylic acids is 2. The van der Waals surface area contributed by atoms with Crippen molar-refractivity contribution in [2.24, 2.45) is 5.92 Å². The number of hydrogen-bond donors (Lipinski definition) is 2. The van der Waals surface area contributed by atoms with Gasteiger partial charge in [0.05, 0.1) is 6.10 Å². The molecule has 0 bridgehead atoms. The average molecular weight is 647 g/mol.